The van der Waals surface area contributed by atoms with Gasteiger partial charge in [0, 0.05) is 25.0 Å². The van der Waals surface area contributed by atoms with Gasteiger partial charge in [0.15, 0.2) is 0 Å². The average Bonchev–Trinajstić information content (AvgIpc) is 2.44. The molecule has 0 heterocycles. The highest BCUT2D eigenvalue weighted by Gasteiger charge is 2.01. The summed E-state index contributed by atoms with van der Waals surface area (Å²) in [6, 6.07) is 18.7. The smallest absolute Gasteiger partial charge is 0.0384 e. The first-order valence-corrected chi connectivity index (χ1v) is 6.86. The van der Waals surface area contributed by atoms with Crippen LogP contribution < -0.4 is 10.6 Å². The highest BCUT2D eigenvalue weighted by Crippen LogP contribution is 2.16. The van der Waals surface area contributed by atoms with Crippen molar-refractivity contribution >= 4 is 11.4 Å². The lowest BCUT2D eigenvalue weighted by Gasteiger charge is -2.19. The standard InChI is InChI=1S/C17H22N2/c1-19(17-12-7-11-16(18)14-17)13-6-5-10-15-8-3-2-4-9-15/h2-4,7-9,11-12,14H,5-6,10,13,18H2,1H3. The second-order valence-electron chi connectivity index (χ2n) is 4.96. The Kier molecular flexibility index (Phi) is 4.85. The lowest BCUT2D eigenvalue weighted by Crippen LogP contribution is -2.18. The highest BCUT2D eigenvalue weighted by atomic mass is 15.1. The summed E-state index contributed by atoms with van der Waals surface area (Å²) in [6.07, 6.45) is 3.57. The summed E-state index contributed by atoms with van der Waals surface area (Å²) in [5, 5.41) is 0. The fourth-order valence-electron chi connectivity index (χ4n) is 2.21. The van der Waals surface area contributed by atoms with Crippen LogP contribution in [0, 0.1) is 0 Å². The van der Waals surface area contributed by atoms with E-state index in [4.69, 9.17) is 5.73 Å². The SMILES string of the molecule is CN(CCCCc1ccccc1)c1cccc(N)c1. The lowest BCUT2D eigenvalue weighted by molar-refractivity contribution is 0.719. The van der Waals surface area contributed by atoms with Gasteiger partial charge in [-0.1, -0.05) is 36.4 Å². The van der Waals surface area contributed by atoms with Crippen LogP contribution in [-0.4, -0.2) is 13.6 Å². The van der Waals surface area contributed by atoms with Gasteiger partial charge < -0.3 is 10.6 Å². The van der Waals surface area contributed by atoms with Gasteiger partial charge in [0.25, 0.3) is 0 Å². The van der Waals surface area contributed by atoms with E-state index in [-0.39, 0.29) is 0 Å². The molecule has 2 rings (SSSR count). The van der Waals surface area contributed by atoms with Crippen molar-refractivity contribution in [2.45, 2.75) is 19.3 Å². The Morgan fingerprint density at radius 1 is 0.947 bits per heavy atom. The molecule has 2 heteroatoms. The third kappa shape index (κ3) is 4.32. The van der Waals surface area contributed by atoms with Crippen LogP contribution in [0.25, 0.3) is 0 Å². The lowest BCUT2D eigenvalue weighted by atomic mass is 10.1. The number of hydrogen-bond acceptors (Lipinski definition) is 2. The van der Waals surface area contributed by atoms with Gasteiger partial charge >= 0.3 is 0 Å². The van der Waals surface area contributed by atoms with Crippen molar-refractivity contribution in [3.8, 4) is 0 Å². The van der Waals surface area contributed by atoms with Crippen LogP contribution in [0.4, 0.5) is 11.4 Å². The van der Waals surface area contributed by atoms with Gasteiger partial charge in [-0.2, -0.15) is 0 Å². The summed E-state index contributed by atoms with van der Waals surface area (Å²) in [5.74, 6) is 0. The van der Waals surface area contributed by atoms with E-state index in [2.05, 4.69) is 48.3 Å². The van der Waals surface area contributed by atoms with E-state index in [1.54, 1.807) is 0 Å². The summed E-state index contributed by atoms with van der Waals surface area (Å²) >= 11 is 0. The van der Waals surface area contributed by atoms with E-state index in [9.17, 15) is 0 Å². The first-order chi connectivity index (χ1) is 9.25. The Morgan fingerprint density at radius 2 is 1.74 bits per heavy atom. The molecule has 2 aromatic carbocycles. The molecule has 0 bridgehead atoms. The van der Waals surface area contributed by atoms with Crippen LogP contribution >= 0.6 is 0 Å². The number of unbranched alkanes of at least 4 members (excludes halogenated alkanes) is 1. The number of aryl methyl sites for hydroxylation is 1. The molecule has 0 saturated carbocycles. The van der Waals surface area contributed by atoms with Crippen LogP contribution in [0.15, 0.2) is 54.6 Å². The molecule has 0 aromatic heterocycles. The molecule has 0 aliphatic carbocycles. The van der Waals surface area contributed by atoms with Crippen molar-refractivity contribution < 1.29 is 0 Å². The maximum absolute atomic E-state index is 5.80. The molecule has 0 fully saturated rings. The summed E-state index contributed by atoms with van der Waals surface area (Å²) in [6.45, 7) is 1.07. The number of nitrogens with two attached hydrogens (primary N) is 1. The largest absolute Gasteiger partial charge is 0.399 e. The Bertz CT molecular complexity index is 494. The number of nitrogen functional groups attached to an aromatic ring is 1. The fraction of sp³-hybridized carbons (Fsp3) is 0.294. The topological polar surface area (TPSA) is 29.3 Å². The quantitative estimate of drug-likeness (QED) is 0.628. The minimum atomic E-state index is 0.827. The van der Waals surface area contributed by atoms with Crippen LogP contribution in [0.1, 0.15) is 18.4 Å². The second-order valence-corrected chi connectivity index (χ2v) is 4.96. The van der Waals surface area contributed by atoms with Crippen molar-refractivity contribution in [3.05, 3.63) is 60.2 Å². The van der Waals surface area contributed by atoms with Gasteiger partial charge in [-0.25, -0.2) is 0 Å². The van der Waals surface area contributed by atoms with Crippen molar-refractivity contribution in [1.29, 1.82) is 0 Å². The van der Waals surface area contributed by atoms with E-state index in [0.29, 0.717) is 0 Å². The number of benzene rings is 2. The molecule has 0 atom stereocenters. The summed E-state index contributed by atoms with van der Waals surface area (Å²) in [4.78, 5) is 2.27. The molecule has 0 unspecified atom stereocenters. The minimum Gasteiger partial charge on any atom is -0.399 e. The van der Waals surface area contributed by atoms with Gasteiger partial charge in [0.2, 0.25) is 0 Å². The maximum atomic E-state index is 5.80. The molecule has 0 aliphatic heterocycles. The van der Waals surface area contributed by atoms with E-state index in [0.717, 1.165) is 18.7 Å². The predicted octanol–water partition coefficient (Wildman–Crippen LogP) is 3.73. The van der Waals surface area contributed by atoms with Gasteiger partial charge in [0.1, 0.15) is 0 Å². The zero-order valence-corrected chi connectivity index (χ0v) is 11.5. The van der Waals surface area contributed by atoms with Crippen molar-refractivity contribution in [2.75, 3.05) is 24.2 Å². The molecule has 100 valence electrons. The normalized spacial score (nSPS) is 10.4. The molecule has 2 aromatic rings. The third-order valence-corrected chi connectivity index (χ3v) is 3.36. The first kappa shape index (κ1) is 13.5. The molecular formula is C17H22N2. The minimum absolute atomic E-state index is 0.827. The average molecular weight is 254 g/mol. The van der Waals surface area contributed by atoms with Crippen molar-refractivity contribution in [1.82, 2.24) is 0 Å². The molecule has 0 saturated heterocycles. The van der Waals surface area contributed by atoms with Crippen LogP contribution in [-0.2, 0) is 6.42 Å². The number of anilines is 2. The Labute approximate surface area is 115 Å². The van der Waals surface area contributed by atoms with E-state index in [1.165, 1.54) is 24.1 Å². The van der Waals surface area contributed by atoms with Gasteiger partial charge in [0.05, 0.1) is 0 Å². The predicted molar refractivity (Wildman–Crippen MR) is 83.5 cm³/mol. The van der Waals surface area contributed by atoms with Gasteiger partial charge in [-0.3, -0.25) is 0 Å². The van der Waals surface area contributed by atoms with Gasteiger partial charge in [-0.05, 0) is 43.0 Å². The van der Waals surface area contributed by atoms with Crippen molar-refractivity contribution in [2.24, 2.45) is 0 Å². The van der Waals surface area contributed by atoms with Gasteiger partial charge in [-0.15, -0.1) is 0 Å². The highest BCUT2D eigenvalue weighted by molar-refractivity contribution is 5.55. The second kappa shape index (κ2) is 6.83. The van der Waals surface area contributed by atoms with Crippen molar-refractivity contribution in [3.63, 3.8) is 0 Å². The van der Waals surface area contributed by atoms with E-state index >= 15 is 0 Å². The molecule has 2 nitrogen and oxygen atoms in total. The summed E-state index contributed by atoms with van der Waals surface area (Å²) < 4.78 is 0. The maximum Gasteiger partial charge on any atom is 0.0384 e. The van der Waals surface area contributed by atoms with Crippen LogP contribution in [0.2, 0.25) is 0 Å². The number of hydrogen-bond donors (Lipinski definition) is 1. The fourth-order valence-corrected chi connectivity index (χ4v) is 2.21. The molecule has 2 N–H and O–H groups in total. The molecule has 0 radical (unpaired) electrons. The zero-order valence-electron chi connectivity index (χ0n) is 11.5. The van der Waals surface area contributed by atoms with E-state index < -0.39 is 0 Å². The number of nitrogens with zero attached hydrogens (tertiary/aromatic N) is 1. The molecule has 0 aliphatic rings. The Morgan fingerprint density at radius 3 is 2.47 bits per heavy atom. The van der Waals surface area contributed by atoms with Crippen LogP contribution in [0.5, 0.6) is 0 Å². The Hall–Kier alpha value is -1.96. The molecular weight excluding hydrogens is 232 g/mol. The third-order valence-electron chi connectivity index (χ3n) is 3.36. The monoisotopic (exact) mass is 254 g/mol. The van der Waals surface area contributed by atoms with Crippen LogP contribution in [0.3, 0.4) is 0 Å². The number of rotatable bonds is 6. The molecule has 19 heavy (non-hydrogen) atoms. The zero-order chi connectivity index (χ0) is 13.5. The summed E-state index contributed by atoms with van der Waals surface area (Å²) in [7, 11) is 2.12. The summed E-state index contributed by atoms with van der Waals surface area (Å²) in [5.41, 5.74) is 9.25. The first-order valence-electron chi connectivity index (χ1n) is 6.86. The molecule has 0 spiro atoms. The Balaban J connectivity index is 1.74. The van der Waals surface area contributed by atoms with E-state index in [1.807, 2.05) is 18.2 Å². The molecule has 0 amide bonds.